The maximum Gasteiger partial charge on any atom is 0.255 e. The zero-order chi connectivity index (χ0) is 16.2. The summed E-state index contributed by atoms with van der Waals surface area (Å²) >= 11 is 5.87. The Hall–Kier alpha value is -2.07. The molecule has 4 nitrogen and oxygen atoms in total. The number of aromatic nitrogens is 1. The van der Waals surface area contributed by atoms with Crippen LogP contribution in [0.5, 0.6) is 5.75 Å². The molecule has 0 atom stereocenters. The number of carbonyl (C=O) groups excluding carboxylic acids is 1. The number of likely N-dealkylation sites (tertiary alicyclic amines) is 1. The normalized spacial score (nSPS) is 15.5. The highest BCUT2D eigenvalue weighted by Gasteiger charge is 2.24. The average Bonchev–Trinajstić information content (AvgIpc) is 2.57. The fraction of sp³-hybridized carbons (Fsp3) is 0.333. The quantitative estimate of drug-likeness (QED) is 0.861. The van der Waals surface area contributed by atoms with Crippen molar-refractivity contribution < 1.29 is 9.53 Å². The molecule has 0 unspecified atom stereocenters. The Morgan fingerprint density at radius 3 is 2.57 bits per heavy atom. The van der Waals surface area contributed by atoms with Gasteiger partial charge in [-0.3, -0.25) is 9.78 Å². The van der Waals surface area contributed by atoms with Crippen molar-refractivity contribution in [2.45, 2.75) is 25.9 Å². The van der Waals surface area contributed by atoms with Gasteiger partial charge < -0.3 is 9.64 Å². The molecule has 0 bridgehead atoms. The van der Waals surface area contributed by atoms with Crippen LogP contribution in [-0.4, -0.2) is 35.0 Å². The van der Waals surface area contributed by atoms with Gasteiger partial charge in [-0.05, 0) is 42.8 Å². The summed E-state index contributed by atoms with van der Waals surface area (Å²) in [5.41, 5.74) is 1.65. The smallest absolute Gasteiger partial charge is 0.255 e. The summed E-state index contributed by atoms with van der Waals surface area (Å²) in [5.74, 6) is 0.869. The molecule has 1 amide bonds. The van der Waals surface area contributed by atoms with Gasteiger partial charge in [-0.15, -0.1) is 0 Å². The number of halogens is 1. The van der Waals surface area contributed by atoms with E-state index in [1.807, 2.05) is 42.2 Å². The van der Waals surface area contributed by atoms with Gasteiger partial charge in [0.15, 0.2) is 0 Å². The molecule has 0 aliphatic carbocycles. The van der Waals surface area contributed by atoms with Crippen LogP contribution in [0.3, 0.4) is 0 Å². The van der Waals surface area contributed by atoms with Gasteiger partial charge in [-0.25, -0.2) is 0 Å². The molecule has 2 aromatic rings. The van der Waals surface area contributed by atoms with E-state index in [9.17, 15) is 4.79 Å². The summed E-state index contributed by atoms with van der Waals surface area (Å²) in [6.45, 7) is 3.34. The third kappa shape index (κ3) is 4.02. The molecule has 1 fully saturated rings. The van der Waals surface area contributed by atoms with E-state index in [1.54, 1.807) is 12.4 Å². The summed E-state index contributed by atoms with van der Waals surface area (Å²) in [4.78, 5) is 18.5. The molecule has 0 N–H and O–H groups in total. The van der Waals surface area contributed by atoms with Gasteiger partial charge >= 0.3 is 0 Å². The number of benzene rings is 1. The summed E-state index contributed by atoms with van der Waals surface area (Å²) in [7, 11) is 0. The van der Waals surface area contributed by atoms with Crippen LogP contribution in [0.25, 0.3) is 0 Å². The highest BCUT2D eigenvalue weighted by molar-refractivity contribution is 6.30. The molecular formula is C18H19ClN2O2. The Bertz CT molecular complexity index is 680. The van der Waals surface area contributed by atoms with E-state index in [-0.39, 0.29) is 12.0 Å². The molecule has 2 heterocycles. The van der Waals surface area contributed by atoms with E-state index >= 15 is 0 Å². The van der Waals surface area contributed by atoms with E-state index < -0.39 is 0 Å². The lowest BCUT2D eigenvalue weighted by atomic mass is 10.1. The van der Waals surface area contributed by atoms with Crippen LogP contribution in [0.1, 0.15) is 28.8 Å². The standard InChI is InChI=1S/C18H19ClN2O2/c1-13-10-14(12-20-11-13)18(22)21-8-6-17(7-9-21)23-16-4-2-15(19)3-5-16/h2-5,10-12,17H,6-9H2,1H3. The van der Waals surface area contributed by atoms with E-state index in [1.165, 1.54) is 0 Å². The number of hydrogen-bond donors (Lipinski definition) is 0. The number of carbonyl (C=O) groups is 1. The molecule has 1 aliphatic rings. The van der Waals surface area contributed by atoms with Crippen LogP contribution < -0.4 is 4.74 Å². The van der Waals surface area contributed by atoms with E-state index in [4.69, 9.17) is 16.3 Å². The Morgan fingerprint density at radius 1 is 1.22 bits per heavy atom. The molecule has 0 saturated carbocycles. The van der Waals surface area contributed by atoms with Crippen LogP contribution in [0.15, 0.2) is 42.7 Å². The van der Waals surface area contributed by atoms with Gasteiger partial charge in [0.1, 0.15) is 11.9 Å². The minimum Gasteiger partial charge on any atom is -0.490 e. The van der Waals surface area contributed by atoms with Crippen molar-refractivity contribution in [2.75, 3.05) is 13.1 Å². The monoisotopic (exact) mass is 330 g/mol. The fourth-order valence-electron chi connectivity index (χ4n) is 2.74. The highest BCUT2D eigenvalue weighted by atomic mass is 35.5. The lowest BCUT2D eigenvalue weighted by molar-refractivity contribution is 0.0595. The molecule has 5 heteroatoms. The number of rotatable bonds is 3. The second-order valence-electron chi connectivity index (χ2n) is 5.81. The summed E-state index contributed by atoms with van der Waals surface area (Å²) < 4.78 is 5.95. The van der Waals surface area contributed by atoms with Crippen molar-refractivity contribution in [3.63, 3.8) is 0 Å². The van der Waals surface area contributed by atoms with Crippen molar-refractivity contribution in [2.24, 2.45) is 0 Å². The number of piperidine rings is 1. The maximum atomic E-state index is 12.5. The van der Waals surface area contributed by atoms with Gasteiger partial charge in [0, 0.05) is 43.3 Å². The zero-order valence-electron chi connectivity index (χ0n) is 13.0. The molecule has 23 heavy (non-hydrogen) atoms. The van der Waals surface area contributed by atoms with Gasteiger partial charge in [0.05, 0.1) is 5.56 Å². The van der Waals surface area contributed by atoms with Crippen LogP contribution >= 0.6 is 11.6 Å². The van der Waals surface area contributed by atoms with E-state index in [0.717, 1.165) is 24.2 Å². The maximum absolute atomic E-state index is 12.5. The van der Waals surface area contributed by atoms with Gasteiger partial charge in [0.25, 0.3) is 5.91 Å². The second-order valence-corrected chi connectivity index (χ2v) is 6.25. The van der Waals surface area contributed by atoms with Gasteiger partial charge in [-0.2, -0.15) is 0 Å². The number of pyridine rings is 1. The SMILES string of the molecule is Cc1cncc(C(=O)N2CCC(Oc3ccc(Cl)cc3)CC2)c1. The minimum absolute atomic E-state index is 0.0474. The van der Waals surface area contributed by atoms with Crippen LogP contribution in [-0.2, 0) is 0 Å². The molecule has 1 saturated heterocycles. The zero-order valence-corrected chi connectivity index (χ0v) is 13.8. The van der Waals surface area contributed by atoms with Crippen molar-refractivity contribution in [1.29, 1.82) is 0 Å². The first kappa shape index (κ1) is 15.8. The molecule has 0 radical (unpaired) electrons. The summed E-state index contributed by atoms with van der Waals surface area (Å²) in [5, 5.41) is 0.699. The van der Waals surface area contributed by atoms with Crippen LogP contribution in [0.2, 0.25) is 5.02 Å². The number of amides is 1. The molecule has 1 aromatic carbocycles. The second kappa shape index (κ2) is 7.01. The third-order valence-corrected chi connectivity index (χ3v) is 4.22. The van der Waals surface area contributed by atoms with Gasteiger partial charge in [-0.1, -0.05) is 11.6 Å². The van der Waals surface area contributed by atoms with E-state index in [0.29, 0.717) is 23.7 Å². The molecule has 0 spiro atoms. The Balaban J connectivity index is 1.55. The lowest BCUT2D eigenvalue weighted by Gasteiger charge is -2.32. The predicted molar refractivity (Wildman–Crippen MR) is 90.0 cm³/mol. The van der Waals surface area contributed by atoms with Crippen molar-refractivity contribution >= 4 is 17.5 Å². The summed E-state index contributed by atoms with van der Waals surface area (Å²) in [6, 6.07) is 9.27. The first-order valence-electron chi connectivity index (χ1n) is 7.75. The first-order valence-corrected chi connectivity index (χ1v) is 8.13. The number of hydrogen-bond acceptors (Lipinski definition) is 3. The Morgan fingerprint density at radius 2 is 1.91 bits per heavy atom. The average molecular weight is 331 g/mol. The minimum atomic E-state index is 0.0474. The van der Waals surface area contributed by atoms with Crippen LogP contribution in [0, 0.1) is 6.92 Å². The summed E-state index contributed by atoms with van der Waals surface area (Å²) in [6.07, 6.45) is 5.17. The number of ether oxygens (including phenoxy) is 1. The molecule has 1 aliphatic heterocycles. The molecule has 120 valence electrons. The third-order valence-electron chi connectivity index (χ3n) is 3.97. The van der Waals surface area contributed by atoms with Crippen molar-refractivity contribution in [3.8, 4) is 5.75 Å². The highest BCUT2D eigenvalue weighted by Crippen LogP contribution is 2.22. The Kier molecular flexibility index (Phi) is 4.82. The predicted octanol–water partition coefficient (Wildman–Crippen LogP) is 3.73. The largest absolute Gasteiger partial charge is 0.490 e. The van der Waals surface area contributed by atoms with Crippen molar-refractivity contribution in [1.82, 2.24) is 9.88 Å². The molecule has 3 rings (SSSR count). The van der Waals surface area contributed by atoms with Gasteiger partial charge in [0.2, 0.25) is 0 Å². The Labute approximate surface area is 141 Å². The number of nitrogens with zero attached hydrogens (tertiary/aromatic N) is 2. The fourth-order valence-corrected chi connectivity index (χ4v) is 2.86. The number of aryl methyl sites for hydroxylation is 1. The molecule has 1 aromatic heterocycles. The first-order chi connectivity index (χ1) is 11.1. The van der Waals surface area contributed by atoms with E-state index in [2.05, 4.69) is 4.98 Å². The van der Waals surface area contributed by atoms with Crippen molar-refractivity contribution in [3.05, 3.63) is 58.9 Å². The molecular weight excluding hydrogens is 312 g/mol. The topological polar surface area (TPSA) is 42.4 Å². The van der Waals surface area contributed by atoms with Crippen LogP contribution in [0.4, 0.5) is 0 Å². The lowest BCUT2D eigenvalue weighted by Crippen LogP contribution is -2.41.